The Balaban J connectivity index is 2.68. The molecule has 1 heteroatoms. The van der Waals surface area contributed by atoms with Crippen LogP contribution in [0.25, 0.3) is 10.9 Å². The summed E-state index contributed by atoms with van der Waals surface area (Å²) in [5.74, 6) is 2.66. The molecular weight excluding hydrogens is 158 g/mol. The molecule has 1 aromatic heterocycles. The number of nitrogens with zero attached hydrogens (tertiary/aromatic N) is 1. The quantitative estimate of drug-likeness (QED) is 0.577. The van der Waals surface area contributed by atoms with Crippen LogP contribution in [0.2, 0.25) is 0 Å². The second kappa shape index (κ2) is 2.99. The van der Waals surface area contributed by atoms with Crippen molar-refractivity contribution in [2.75, 3.05) is 0 Å². The highest BCUT2D eigenvalue weighted by molar-refractivity contribution is 5.81. The van der Waals surface area contributed by atoms with E-state index in [1.165, 1.54) is 16.6 Å². The summed E-state index contributed by atoms with van der Waals surface area (Å²) in [6.45, 7) is 0. The number of fused-ring (bicyclic) bond motifs is 1. The molecule has 0 aliphatic heterocycles. The molecule has 0 amide bonds. The average Bonchev–Trinajstić information content (AvgIpc) is 2.46. The van der Waals surface area contributed by atoms with Crippen molar-refractivity contribution in [3.63, 3.8) is 0 Å². The molecule has 1 aromatic carbocycles. The van der Waals surface area contributed by atoms with E-state index in [1.54, 1.807) is 0 Å². The lowest BCUT2D eigenvalue weighted by Crippen LogP contribution is -1.93. The monoisotopic (exact) mass is 169 g/mol. The van der Waals surface area contributed by atoms with Crippen molar-refractivity contribution in [3.8, 4) is 12.3 Å². The van der Waals surface area contributed by atoms with Crippen molar-refractivity contribution in [2.24, 2.45) is 7.05 Å². The van der Waals surface area contributed by atoms with Gasteiger partial charge in [-0.25, -0.2) is 0 Å². The molecule has 13 heavy (non-hydrogen) atoms. The normalized spacial score (nSPS) is 10.2. The van der Waals surface area contributed by atoms with E-state index in [-0.39, 0.29) is 0 Å². The Hall–Kier alpha value is -1.68. The number of terminal acetylenes is 1. The summed E-state index contributed by atoms with van der Waals surface area (Å²) in [6, 6.07) is 10.4. The van der Waals surface area contributed by atoms with Gasteiger partial charge in [-0.1, -0.05) is 18.2 Å². The van der Waals surface area contributed by atoms with Gasteiger partial charge in [-0.05, 0) is 17.5 Å². The van der Waals surface area contributed by atoms with Gasteiger partial charge in [0.25, 0.3) is 0 Å². The average molecular weight is 169 g/mol. The van der Waals surface area contributed by atoms with Gasteiger partial charge in [0.1, 0.15) is 0 Å². The minimum absolute atomic E-state index is 0.700. The Kier molecular flexibility index (Phi) is 1.83. The van der Waals surface area contributed by atoms with Gasteiger partial charge >= 0.3 is 0 Å². The lowest BCUT2D eigenvalue weighted by Gasteiger charge is -1.99. The van der Waals surface area contributed by atoms with Crippen molar-refractivity contribution in [3.05, 3.63) is 36.0 Å². The van der Waals surface area contributed by atoms with Gasteiger partial charge in [0.15, 0.2) is 0 Å². The van der Waals surface area contributed by atoms with Crippen LogP contribution in [0.4, 0.5) is 0 Å². The maximum Gasteiger partial charge on any atom is 0.0491 e. The molecule has 0 atom stereocenters. The minimum Gasteiger partial charge on any atom is -0.347 e. The SMILES string of the molecule is C#CCc1cc2ccccc2n1C. The minimum atomic E-state index is 0.700. The fourth-order valence-electron chi connectivity index (χ4n) is 1.62. The molecule has 0 saturated carbocycles. The van der Waals surface area contributed by atoms with Crippen molar-refractivity contribution < 1.29 is 0 Å². The molecule has 2 aromatic rings. The van der Waals surface area contributed by atoms with Gasteiger partial charge in [-0.2, -0.15) is 0 Å². The highest BCUT2D eigenvalue weighted by atomic mass is 14.9. The molecule has 1 heterocycles. The summed E-state index contributed by atoms with van der Waals surface area (Å²) >= 11 is 0. The van der Waals surface area contributed by atoms with E-state index in [0.29, 0.717) is 6.42 Å². The van der Waals surface area contributed by atoms with Gasteiger partial charge in [-0.15, -0.1) is 12.3 Å². The van der Waals surface area contributed by atoms with E-state index in [1.807, 2.05) is 12.1 Å². The predicted molar refractivity (Wildman–Crippen MR) is 55.5 cm³/mol. The lowest BCUT2D eigenvalue weighted by atomic mass is 10.2. The molecule has 0 aliphatic rings. The maximum absolute atomic E-state index is 5.29. The van der Waals surface area contributed by atoms with Crippen LogP contribution < -0.4 is 0 Å². The number of hydrogen-bond donors (Lipinski definition) is 0. The van der Waals surface area contributed by atoms with Crippen LogP contribution in [0.1, 0.15) is 5.69 Å². The van der Waals surface area contributed by atoms with Gasteiger partial charge in [0.05, 0.1) is 0 Å². The summed E-state index contributed by atoms with van der Waals surface area (Å²) in [6.07, 6.45) is 5.99. The summed E-state index contributed by atoms with van der Waals surface area (Å²) in [4.78, 5) is 0. The van der Waals surface area contributed by atoms with Crippen molar-refractivity contribution >= 4 is 10.9 Å². The first kappa shape index (κ1) is 7.94. The second-order valence-corrected chi connectivity index (χ2v) is 3.13. The number of benzene rings is 1. The molecular formula is C12H11N. The Morgan fingerprint density at radius 3 is 2.85 bits per heavy atom. The molecule has 0 unspecified atom stereocenters. The molecule has 0 spiro atoms. The molecule has 0 bridgehead atoms. The maximum atomic E-state index is 5.29. The first-order valence-corrected chi connectivity index (χ1v) is 4.29. The van der Waals surface area contributed by atoms with E-state index in [2.05, 4.69) is 35.7 Å². The zero-order valence-electron chi connectivity index (χ0n) is 7.62. The Morgan fingerprint density at radius 1 is 1.38 bits per heavy atom. The third-order valence-electron chi connectivity index (χ3n) is 2.33. The van der Waals surface area contributed by atoms with Gasteiger partial charge in [0, 0.05) is 24.7 Å². The second-order valence-electron chi connectivity index (χ2n) is 3.13. The molecule has 0 fully saturated rings. The van der Waals surface area contributed by atoms with E-state index in [0.717, 1.165) is 0 Å². The number of aromatic nitrogens is 1. The van der Waals surface area contributed by atoms with Crippen LogP contribution in [0.15, 0.2) is 30.3 Å². The van der Waals surface area contributed by atoms with Gasteiger partial charge < -0.3 is 4.57 Å². The van der Waals surface area contributed by atoms with Crippen molar-refractivity contribution in [1.82, 2.24) is 4.57 Å². The molecule has 0 radical (unpaired) electrons. The van der Waals surface area contributed by atoms with Crippen LogP contribution in [-0.4, -0.2) is 4.57 Å². The Labute approximate surface area is 78.0 Å². The van der Waals surface area contributed by atoms with E-state index in [9.17, 15) is 0 Å². The smallest absolute Gasteiger partial charge is 0.0491 e. The predicted octanol–water partition coefficient (Wildman–Crippen LogP) is 2.35. The summed E-state index contributed by atoms with van der Waals surface area (Å²) in [5, 5.41) is 1.26. The molecule has 0 aliphatic carbocycles. The molecule has 64 valence electrons. The standard InChI is InChI=1S/C12H11N/c1-3-6-11-9-10-7-4-5-8-12(10)13(11)2/h1,4-5,7-9H,6H2,2H3. The summed E-state index contributed by atoms with van der Waals surface area (Å²) in [5.41, 5.74) is 2.44. The third-order valence-corrected chi connectivity index (χ3v) is 2.33. The Morgan fingerprint density at radius 2 is 2.15 bits per heavy atom. The molecule has 0 N–H and O–H groups in total. The van der Waals surface area contributed by atoms with E-state index in [4.69, 9.17) is 6.42 Å². The number of para-hydroxylation sites is 1. The first-order chi connectivity index (χ1) is 6.33. The number of hydrogen-bond acceptors (Lipinski definition) is 0. The largest absolute Gasteiger partial charge is 0.347 e. The third kappa shape index (κ3) is 1.21. The fraction of sp³-hybridized carbons (Fsp3) is 0.167. The van der Waals surface area contributed by atoms with Crippen LogP contribution in [0, 0.1) is 12.3 Å². The topological polar surface area (TPSA) is 4.93 Å². The van der Waals surface area contributed by atoms with Gasteiger partial charge in [-0.3, -0.25) is 0 Å². The van der Waals surface area contributed by atoms with Crippen molar-refractivity contribution in [2.45, 2.75) is 6.42 Å². The lowest BCUT2D eigenvalue weighted by molar-refractivity contribution is 0.896. The van der Waals surface area contributed by atoms with Gasteiger partial charge in [0.2, 0.25) is 0 Å². The molecule has 2 rings (SSSR count). The van der Waals surface area contributed by atoms with E-state index >= 15 is 0 Å². The Bertz CT molecular complexity index is 471. The van der Waals surface area contributed by atoms with Crippen molar-refractivity contribution in [1.29, 1.82) is 0 Å². The fourth-order valence-corrected chi connectivity index (χ4v) is 1.62. The summed E-state index contributed by atoms with van der Waals surface area (Å²) in [7, 11) is 2.05. The molecule has 1 nitrogen and oxygen atoms in total. The first-order valence-electron chi connectivity index (χ1n) is 4.29. The highest BCUT2D eigenvalue weighted by Crippen LogP contribution is 2.18. The number of aryl methyl sites for hydroxylation is 1. The van der Waals surface area contributed by atoms with E-state index < -0.39 is 0 Å². The summed E-state index contributed by atoms with van der Waals surface area (Å²) < 4.78 is 2.15. The zero-order valence-corrected chi connectivity index (χ0v) is 7.62. The number of rotatable bonds is 1. The van der Waals surface area contributed by atoms with Crippen LogP contribution in [0.5, 0.6) is 0 Å². The van der Waals surface area contributed by atoms with Crippen LogP contribution in [-0.2, 0) is 13.5 Å². The van der Waals surface area contributed by atoms with Crippen LogP contribution in [0.3, 0.4) is 0 Å². The van der Waals surface area contributed by atoms with Crippen LogP contribution >= 0.6 is 0 Å². The highest BCUT2D eigenvalue weighted by Gasteiger charge is 2.02. The molecule has 0 saturated heterocycles. The zero-order chi connectivity index (χ0) is 9.26.